The molecule has 42 heavy (non-hydrogen) atoms. The number of hydrogen-bond donors (Lipinski definition) is 0. The van der Waals surface area contributed by atoms with Gasteiger partial charge >= 0.3 is 0 Å². The minimum Gasteiger partial charge on any atom is -0.456 e. The molecule has 1 fully saturated rings. The number of nitrogens with zero attached hydrogens (tertiary/aromatic N) is 1. The average molecular weight is 544 g/mol. The van der Waals surface area contributed by atoms with Gasteiger partial charge in [-0.15, -0.1) is 0 Å². The van der Waals surface area contributed by atoms with Crippen molar-refractivity contribution in [2.45, 2.75) is 38.0 Å². The second kappa shape index (κ2) is 10.5. The zero-order chi connectivity index (χ0) is 27.9. The molecular weight excluding hydrogens is 510 g/mol. The van der Waals surface area contributed by atoms with Crippen LogP contribution in [0.4, 0.5) is 17.1 Å². The first-order chi connectivity index (χ1) is 20.9. The van der Waals surface area contributed by atoms with E-state index in [0.29, 0.717) is 5.92 Å². The van der Waals surface area contributed by atoms with Crippen molar-refractivity contribution in [3.63, 3.8) is 0 Å². The summed E-state index contributed by atoms with van der Waals surface area (Å²) in [7, 11) is 0. The minimum absolute atomic E-state index is 0.618. The van der Waals surface area contributed by atoms with Gasteiger partial charge in [-0.3, -0.25) is 0 Å². The van der Waals surface area contributed by atoms with Gasteiger partial charge in [-0.05, 0) is 77.1 Å². The SMILES string of the molecule is c1ccc(N(c2ccccc2-c2cccc3cccc(C4CCCCC4)c23)c2cccc3oc4ccccc4c23)cc1. The fourth-order valence-corrected chi connectivity index (χ4v) is 7.17. The summed E-state index contributed by atoms with van der Waals surface area (Å²) in [5, 5.41) is 4.98. The Balaban J connectivity index is 1.41. The largest absolute Gasteiger partial charge is 0.456 e. The summed E-state index contributed by atoms with van der Waals surface area (Å²) in [4.78, 5) is 2.42. The van der Waals surface area contributed by atoms with E-state index in [-0.39, 0.29) is 0 Å². The molecule has 1 saturated carbocycles. The second-order valence-electron chi connectivity index (χ2n) is 11.5. The fourth-order valence-electron chi connectivity index (χ4n) is 7.17. The highest BCUT2D eigenvalue weighted by atomic mass is 16.3. The first kappa shape index (κ1) is 24.9. The summed E-state index contributed by atoms with van der Waals surface area (Å²) in [5.41, 5.74) is 9.25. The van der Waals surface area contributed by atoms with E-state index in [1.807, 2.05) is 6.07 Å². The Morgan fingerprint density at radius 2 is 1.17 bits per heavy atom. The van der Waals surface area contributed by atoms with Crippen LogP contribution >= 0.6 is 0 Å². The monoisotopic (exact) mass is 543 g/mol. The highest BCUT2D eigenvalue weighted by molar-refractivity contribution is 6.14. The highest BCUT2D eigenvalue weighted by Crippen LogP contribution is 2.48. The molecule has 6 aromatic carbocycles. The molecule has 204 valence electrons. The lowest BCUT2D eigenvalue weighted by molar-refractivity contribution is 0.445. The lowest BCUT2D eigenvalue weighted by atomic mass is 9.80. The predicted molar refractivity (Wildman–Crippen MR) is 177 cm³/mol. The standard InChI is InChI=1S/C40H33NO/c1-3-14-28(15-4-1)31-22-11-16-29-17-12-23-33(39(29)31)32-20-7-9-24-35(32)41(30-18-5-2-6-19-30)36-25-13-27-38-40(36)34-21-8-10-26-37(34)42-38/h2,5-13,16-28H,1,3-4,14-15H2. The van der Waals surface area contributed by atoms with Crippen molar-refractivity contribution in [1.29, 1.82) is 0 Å². The first-order valence-corrected chi connectivity index (χ1v) is 15.2. The van der Waals surface area contributed by atoms with Crippen LogP contribution in [0.5, 0.6) is 0 Å². The smallest absolute Gasteiger partial charge is 0.137 e. The molecule has 0 amide bonds. The molecule has 2 nitrogen and oxygen atoms in total. The molecule has 2 heteroatoms. The molecule has 0 unspecified atom stereocenters. The molecule has 0 atom stereocenters. The van der Waals surface area contributed by atoms with Gasteiger partial charge in [0.15, 0.2) is 0 Å². The van der Waals surface area contributed by atoms with Crippen LogP contribution in [-0.4, -0.2) is 0 Å². The van der Waals surface area contributed by atoms with Gasteiger partial charge in [-0.2, -0.15) is 0 Å². The van der Waals surface area contributed by atoms with Crippen molar-refractivity contribution in [1.82, 2.24) is 0 Å². The Morgan fingerprint density at radius 3 is 2.05 bits per heavy atom. The minimum atomic E-state index is 0.618. The van der Waals surface area contributed by atoms with Crippen LogP contribution in [0, 0.1) is 0 Å². The molecule has 1 aliphatic carbocycles. The lowest BCUT2D eigenvalue weighted by Crippen LogP contribution is -2.11. The van der Waals surface area contributed by atoms with Gasteiger partial charge in [0, 0.05) is 16.6 Å². The predicted octanol–water partition coefficient (Wildman–Crippen LogP) is 11.9. The average Bonchev–Trinajstić information content (AvgIpc) is 3.45. The molecule has 0 spiro atoms. The van der Waals surface area contributed by atoms with Crippen LogP contribution in [0.3, 0.4) is 0 Å². The quantitative estimate of drug-likeness (QED) is 0.215. The molecule has 0 bridgehead atoms. The Labute approximate surface area is 246 Å². The van der Waals surface area contributed by atoms with E-state index in [4.69, 9.17) is 4.42 Å². The number of anilines is 3. The van der Waals surface area contributed by atoms with E-state index in [9.17, 15) is 0 Å². The summed E-state index contributed by atoms with van der Waals surface area (Å²) in [5.74, 6) is 0.618. The van der Waals surface area contributed by atoms with E-state index in [2.05, 4.69) is 132 Å². The Kier molecular flexibility index (Phi) is 6.26. The van der Waals surface area contributed by atoms with E-state index < -0.39 is 0 Å². The molecule has 7 aromatic rings. The molecule has 1 heterocycles. The molecule has 0 N–H and O–H groups in total. The zero-order valence-electron chi connectivity index (χ0n) is 23.7. The lowest BCUT2D eigenvalue weighted by Gasteiger charge is -2.29. The van der Waals surface area contributed by atoms with Crippen LogP contribution in [0.25, 0.3) is 43.8 Å². The van der Waals surface area contributed by atoms with Crippen molar-refractivity contribution >= 4 is 49.8 Å². The van der Waals surface area contributed by atoms with Gasteiger partial charge < -0.3 is 9.32 Å². The Bertz CT molecular complexity index is 2030. The molecule has 1 aliphatic rings. The van der Waals surface area contributed by atoms with Crippen LogP contribution in [0.15, 0.2) is 138 Å². The highest BCUT2D eigenvalue weighted by Gasteiger charge is 2.24. The number of furan rings is 1. The van der Waals surface area contributed by atoms with Crippen LogP contribution in [0.1, 0.15) is 43.6 Å². The van der Waals surface area contributed by atoms with Gasteiger partial charge in [0.2, 0.25) is 0 Å². The van der Waals surface area contributed by atoms with Crippen molar-refractivity contribution in [3.8, 4) is 11.1 Å². The van der Waals surface area contributed by atoms with Crippen molar-refractivity contribution in [2.75, 3.05) is 4.90 Å². The van der Waals surface area contributed by atoms with Crippen molar-refractivity contribution < 1.29 is 4.42 Å². The third kappa shape index (κ3) is 4.18. The van der Waals surface area contributed by atoms with Gasteiger partial charge in [-0.1, -0.05) is 116 Å². The normalized spacial score (nSPS) is 14.1. The maximum atomic E-state index is 6.34. The maximum Gasteiger partial charge on any atom is 0.137 e. The molecule has 8 rings (SSSR count). The van der Waals surface area contributed by atoms with Crippen molar-refractivity contribution in [2.24, 2.45) is 0 Å². The summed E-state index contributed by atoms with van der Waals surface area (Å²) >= 11 is 0. The first-order valence-electron chi connectivity index (χ1n) is 15.2. The maximum absolute atomic E-state index is 6.34. The van der Waals surface area contributed by atoms with E-state index in [1.54, 1.807) is 0 Å². The number of rotatable bonds is 5. The number of fused-ring (bicyclic) bond motifs is 4. The number of para-hydroxylation sites is 3. The van der Waals surface area contributed by atoms with E-state index in [1.165, 1.54) is 59.6 Å². The Morgan fingerprint density at radius 1 is 0.500 bits per heavy atom. The summed E-state index contributed by atoms with van der Waals surface area (Å²) in [6.07, 6.45) is 6.56. The Hall–Kier alpha value is -4.82. The molecule has 0 aliphatic heterocycles. The molecule has 0 radical (unpaired) electrons. The second-order valence-corrected chi connectivity index (χ2v) is 11.5. The molecular formula is C40H33NO. The summed E-state index contributed by atoms with van der Waals surface area (Å²) in [6, 6.07) is 48.2. The third-order valence-electron chi connectivity index (χ3n) is 9.05. The summed E-state index contributed by atoms with van der Waals surface area (Å²) in [6.45, 7) is 0. The van der Waals surface area contributed by atoms with Gasteiger partial charge in [0.1, 0.15) is 11.2 Å². The van der Waals surface area contributed by atoms with Crippen LogP contribution in [0.2, 0.25) is 0 Å². The molecule has 0 saturated heterocycles. The fraction of sp³-hybridized carbons (Fsp3) is 0.150. The number of benzene rings is 6. The van der Waals surface area contributed by atoms with E-state index in [0.717, 1.165) is 39.0 Å². The number of hydrogen-bond acceptors (Lipinski definition) is 2. The molecule has 1 aromatic heterocycles. The van der Waals surface area contributed by atoms with Gasteiger partial charge in [0.05, 0.1) is 16.8 Å². The zero-order valence-corrected chi connectivity index (χ0v) is 23.7. The summed E-state index contributed by atoms with van der Waals surface area (Å²) < 4.78 is 6.34. The van der Waals surface area contributed by atoms with Gasteiger partial charge in [-0.25, -0.2) is 0 Å². The van der Waals surface area contributed by atoms with Crippen LogP contribution < -0.4 is 4.90 Å². The van der Waals surface area contributed by atoms with E-state index >= 15 is 0 Å². The van der Waals surface area contributed by atoms with Crippen LogP contribution in [-0.2, 0) is 0 Å². The van der Waals surface area contributed by atoms with Crippen molar-refractivity contribution in [3.05, 3.63) is 139 Å². The topological polar surface area (TPSA) is 16.4 Å². The van der Waals surface area contributed by atoms with Gasteiger partial charge in [0.25, 0.3) is 0 Å². The third-order valence-corrected chi connectivity index (χ3v) is 9.05.